The summed E-state index contributed by atoms with van der Waals surface area (Å²) in [6.45, 7) is 0.262. The van der Waals surface area contributed by atoms with Gasteiger partial charge < -0.3 is 15.0 Å². The molecule has 4 aromatic rings. The summed E-state index contributed by atoms with van der Waals surface area (Å²) in [7, 11) is 1.30. The molecule has 0 fully saturated rings. The van der Waals surface area contributed by atoms with Crippen molar-refractivity contribution in [3.63, 3.8) is 0 Å². The predicted octanol–water partition coefficient (Wildman–Crippen LogP) is 4.50. The fourth-order valence-corrected chi connectivity index (χ4v) is 3.57. The molecule has 0 atom stereocenters. The number of carbonyl (C=O) groups is 1. The number of benzene rings is 2. The number of hydrogen-bond acceptors (Lipinski definition) is 5. The second kappa shape index (κ2) is 7.90. The van der Waals surface area contributed by atoms with E-state index in [1.54, 1.807) is 34.9 Å². The van der Waals surface area contributed by atoms with E-state index in [1.807, 2.05) is 18.2 Å². The Kier molecular flexibility index (Phi) is 5.26. The molecule has 2 aromatic heterocycles. The number of aromatic nitrogens is 3. The van der Waals surface area contributed by atoms with E-state index in [-0.39, 0.29) is 24.6 Å². The van der Waals surface area contributed by atoms with Crippen molar-refractivity contribution in [1.82, 2.24) is 14.5 Å². The van der Waals surface area contributed by atoms with Crippen LogP contribution in [0.4, 0.5) is 19.0 Å². The second-order valence-corrected chi connectivity index (χ2v) is 7.13. The van der Waals surface area contributed by atoms with Crippen LogP contribution in [0.25, 0.3) is 21.9 Å². The summed E-state index contributed by atoms with van der Waals surface area (Å²) >= 11 is 0. The average Bonchev–Trinajstić information content (AvgIpc) is 3.11. The number of methoxy groups -OCH3 is 1. The maximum absolute atomic E-state index is 12.9. The molecule has 0 saturated carbocycles. The smallest absolute Gasteiger partial charge is 0.389 e. The summed E-state index contributed by atoms with van der Waals surface area (Å²) in [4.78, 5) is 20.4. The number of fused-ring (bicyclic) bond motifs is 3. The van der Waals surface area contributed by atoms with Gasteiger partial charge in [-0.15, -0.1) is 0 Å². The Balaban J connectivity index is 1.85. The first-order valence-corrected chi connectivity index (χ1v) is 9.54. The standard InChI is InChI=1S/C22H19F3N4O2/c1-31-21(30)14-8-6-13(7-9-14)12-29-17(10-11-22(23,24)25)28-18-19(29)15-4-2-3-5-16(15)27-20(18)26/h2-9H,10-12H2,1H3,(H2,26,27). The molecule has 0 aliphatic carbocycles. The normalized spacial score (nSPS) is 11.9. The lowest BCUT2D eigenvalue weighted by Gasteiger charge is -2.12. The van der Waals surface area contributed by atoms with Gasteiger partial charge in [0.25, 0.3) is 0 Å². The molecule has 9 heteroatoms. The van der Waals surface area contributed by atoms with Crippen molar-refractivity contribution < 1.29 is 22.7 Å². The molecule has 31 heavy (non-hydrogen) atoms. The molecule has 2 N–H and O–H groups in total. The van der Waals surface area contributed by atoms with Crippen LogP contribution in [0.5, 0.6) is 0 Å². The molecule has 0 bridgehead atoms. The summed E-state index contributed by atoms with van der Waals surface area (Å²) in [5.41, 5.74) is 8.92. The lowest BCUT2D eigenvalue weighted by Crippen LogP contribution is -2.12. The highest BCUT2D eigenvalue weighted by molar-refractivity contribution is 6.06. The Morgan fingerprint density at radius 1 is 1.10 bits per heavy atom. The van der Waals surface area contributed by atoms with Gasteiger partial charge in [-0.3, -0.25) is 0 Å². The lowest BCUT2D eigenvalue weighted by molar-refractivity contribution is -0.134. The molecule has 6 nitrogen and oxygen atoms in total. The maximum Gasteiger partial charge on any atom is 0.389 e. The molecule has 0 spiro atoms. The third-order valence-electron chi connectivity index (χ3n) is 5.04. The van der Waals surface area contributed by atoms with Crippen LogP contribution in [-0.4, -0.2) is 33.8 Å². The number of anilines is 1. The van der Waals surface area contributed by atoms with Gasteiger partial charge in [-0.2, -0.15) is 13.2 Å². The number of imidazole rings is 1. The Morgan fingerprint density at radius 2 is 1.81 bits per heavy atom. The molecular weight excluding hydrogens is 409 g/mol. The number of aryl methyl sites for hydroxylation is 1. The topological polar surface area (TPSA) is 83.0 Å². The third-order valence-corrected chi connectivity index (χ3v) is 5.04. The first kappa shape index (κ1) is 20.6. The molecule has 0 radical (unpaired) electrons. The third kappa shape index (κ3) is 4.16. The first-order chi connectivity index (χ1) is 14.8. The van der Waals surface area contributed by atoms with E-state index < -0.39 is 18.6 Å². The number of pyridine rings is 1. The Morgan fingerprint density at radius 3 is 2.48 bits per heavy atom. The number of nitrogen functional groups attached to an aromatic ring is 1. The highest BCUT2D eigenvalue weighted by Gasteiger charge is 2.28. The lowest BCUT2D eigenvalue weighted by atomic mass is 10.1. The second-order valence-electron chi connectivity index (χ2n) is 7.13. The summed E-state index contributed by atoms with van der Waals surface area (Å²) < 4.78 is 45.2. The van der Waals surface area contributed by atoms with E-state index in [1.165, 1.54) is 7.11 Å². The minimum Gasteiger partial charge on any atom is -0.465 e. The number of alkyl halides is 3. The van der Waals surface area contributed by atoms with Gasteiger partial charge in [0, 0.05) is 18.4 Å². The van der Waals surface area contributed by atoms with Gasteiger partial charge >= 0.3 is 12.1 Å². The zero-order valence-corrected chi connectivity index (χ0v) is 16.6. The zero-order valence-electron chi connectivity index (χ0n) is 16.6. The number of ether oxygens (including phenoxy) is 1. The Labute approximate surface area is 175 Å². The van der Waals surface area contributed by atoms with Crippen LogP contribution in [0, 0.1) is 0 Å². The maximum atomic E-state index is 12.9. The molecule has 0 unspecified atom stereocenters. The van der Waals surface area contributed by atoms with Gasteiger partial charge in [-0.1, -0.05) is 30.3 Å². The van der Waals surface area contributed by atoms with Crippen molar-refractivity contribution in [2.75, 3.05) is 12.8 Å². The van der Waals surface area contributed by atoms with E-state index in [0.29, 0.717) is 22.1 Å². The van der Waals surface area contributed by atoms with E-state index in [0.717, 1.165) is 10.9 Å². The largest absolute Gasteiger partial charge is 0.465 e. The van der Waals surface area contributed by atoms with Crippen molar-refractivity contribution in [3.05, 3.63) is 65.5 Å². The monoisotopic (exact) mass is 428 g/mol. The number of esters is 1. The molecule has 0 aliphatic heterocycles. The minimum absolute atomic E-state index is 0.168. The first-order valence-electron chi connectivity index (χ1n) is 9.54. The van der Waals surface area contributed by atoms with E-state index in [9.17, 15) is 18.0 Å². The van der Waals surface area contributed by atoms with Gasteiger partial charge in [0.2, 0.25) is 0 Å². The van der Waals surface area contributed by atoms with Crippen LogP contribution < -0.4 is 5.73 Å². The number of para-hydroxylation sites is 1. The average molecular weight is 428 g/mol. The van der Waals surface area contributed by atoms with Crippen LogP contribution in [0.15, 0.2) is 48.5 Å². The SMILES string of the molecule is COC(=O)c1ccc(Cn2c(CCC(F)(F)F)nc3c(N)nc4ccccc4c32)cc1. The molecule has 4 rings (SSSR count). The van der Waals surface area contributed by atoms with Gasteiger partial charge in [0.15, 0.2) is 5.82 Å². The molecule has 2 heterocycles. The minimum atomic E-state index is -4.31. The van der Waals surface area contributed by atoms with Crippen molar-refractivity contribution in [1.29, 1.82) is 0 Å². The van der Waals surface area contributed by atoms with Crippen molar-refractivity contribution in [3.8, 4) is 0 Å². The number of rotatable bonds is 5. The van der Waals surface area contributed by atoms with Gasteiger partial charge in [-0.05, 0) is 23.8 Å². The summed E-state index contributed by atoms with van der Waals surface area (Å²) in [5.74, 6) is -0.0219. The van der Waals surface area contributed by atoms with E-state index in [4.69, 9.17) is 10.5 Å². The zero-order chi connectivity index (χ0) is 22.2. The van der Waals surface area contributed by atoms with Crippen molar-refractivity contribution in [2.45, 2.75) is 25.6 Å². The van der Waals surface area contributed by atoms with Crippen LogP contribution >= 0.6 is 0 Å². The molecular formula is C22H19F3N4O2. The number of nitrogens with two attached hydrogens (primary N) is 1. The summed E-state index contributed by atoms with van der Waals surface area (Å²) in [5, 5.41) is 0.753. The summed E-state index contributed by atoms with van der Waals surface area (Å²) in [6, 6.07) is 14.0. The molecule has 0 amide bonds. The number of nitrogens with zero attached hydrogens (tertiary/aromatic N) is 3. The number of hydrogen-bond donors (Lipinski definition) is 1. The van der Waals surface area contributed by atoms with Crippen LogP contribution in [0.2, 0.25) is 0 Å². The molecule has 0 saturated heterocycles. The Hall–Kier alpha value is -3.62. The Bertz CT molecular complexity index is 1260. The van der Waals surface area contributed by atoms with Gasteiger partial charge in [-0.25, -0.2) is 14.8 Å². The van der Waals surface area contributed by atoms with E-state index >= 15 is 0 Å². The number of carbonyl (C=O) groups excluding carboxylic acids is 1. The van der Waals surface area contributed by atoms with Crippen LogP contribution in [-0.2, 0) is 17.7 Å². The summed E-state index contributed by atoms with van der Waals surface area (Å²) in [6.07, 6.45) is -5.59. The van der Waals surface area contributed by atoms with Crippen molar-refractivity contribution in [2.24, 2.45) is 0 Å². The number of halogens is 3. The van der Waals surface area contributed by atoms with E-state index in [2.05, 4.69) is 9.97 Å². The molecule has 2 aromatic carbocycles. The predicted molar refractivity (Wildman–Crippen MR) is 111 cm³/mol. The van der Waals surface area contributed by atoms with Crippen molar-refractivity contribution >= 4 is 33.7 Å². The fraction of sp³-hybridized carbons (Fsp3) is 0.227. The van der Waals surface area contributed by atoms with Crippen LogP contribution in [0.1, 0.15) is 28.2 Å². The molecule has 0 aliphatic rings. The highest BCUT2D eigenvalue weighted by Crippen LogP contribution is 2.31. The van der Waals surface area contributed by atoms with Crippen LogP contribution in [0.3, 0.4) is 0 Å². The molecule has 160 valence electrons. The highest BCUT2D eigenvalue weighted by atomic mass is 19.4. The quantitative estimate of drug-likeness (QED) is 0.474. The fourth-order valence-electron chi connectivity index (χ4n) is 3.57. The van der Waals surface area contributed by atoms with Gasteiger partial charge in [0.05, 0.1) is 30.1 Å². The van der Waals surface area contributed by atoms with Gasteiger partial charge in [0.1, 0.15) is 11.3 Å².